The number of rotatable bonds is 9. The van der Waals surface area contributed by atoms with Gasteiger partial charge in [0.2, 0.25) is 0 Å². The standard InChI is InChI=1S/C30H33N5O3/c1-5-6-7-20(17-31)14-19(3)32-29(37)22-9-12-25-26(16-22)35-28(34-25)24-15-21(10-13-27(24)36)23-11-8-18(2)33-30(23)38-4/h5-13,15-19,33,36H,1,14,31H2,2-4H3,(H,32,37)(H,34,35)/b7-6-,20-17+. The van der Waals surface area contributed by atoms with E-state index in [0.29, 0.717) is 34.8 Å². The van der Waals surface area contributed by atoms with Crippen LogP contribution >= 0.6 is 0 Å². The number of aromatic nitrogens is 2. The number of aromatic hydroxyl groups is 1. The molecule has 3 aromatic rings. The largest absolute Gasteiger partial charge is 0.507 e. The molecule has 0 aliphatic carbocycles. The molecule has 0 spiro atoms. The van der Waals surface area contributed by atoms with Gasteiger partial charge >= 0.3 is 0 Å². The molecule has 1 aliphatic rings. The zero-order valence-corrected chi connectivity index (χ0v) is 21.8. The number of nitrogens with one attached hydrogen (secondary N) is 3. The molecule has 1 aliphatic heterocycles. The Morgan fingerprint density at radius 3 is 2.87 bits per heavy atom. The molecule has 2 atom stereocenters. The molecule has 2 unspecified atom stereocenters. The average molecular weight is 512 g/mol. The van der Waals surface area contributed by atoms with Gasteiger partial charge in [-0.25, -0.2) is 4.98 Å². The summed E-state index contributed by atoms with van der Waals surface area (Å²) < 4.78 is 5.54. The highest BCUT2D eigenvalue weighted by molar-refractivity contribution is 5.98. The Morgan fingerprint density at radius 2 is 2.13 bits per heavy atom. The van der Waals surface area contributed by atoms with Crippen LogP contribution in [0.15, 0.2) is 91.0 Å². The highest BCUT2D eigenvalue weighted by atomic mass is 16.5. The summed E-state index contributed by atoms with van der Waals surface area (Å²) in [6, 6.07) is 10.6. The topological polar surface area (TPSA) is 125 Å². The number of nitrogens with zero attached hydrogens (tertiary/aromatic N) is 1. The second-order valence-electron chi connectivity index (χ2n) is 9.20. The predicted octanol–water partition coefficient (Wildman–Crippen LogP) is 4.89. The summed E-state index contributed by atoms with van der Waals surface area (Å²) in [7, 11) is 1.62. The molecule has 0 saturated carbocycles. The molecule has 0 saturated heterocycles. The van der Waals surface area contributed by atoms with Gasteiger partial charge < -0.3 is 31.2 Å². The number of amides is 1. The molecule has 0 radical (unpaired) electrons. The van der Waals surface area contributed by atoms with Gasteiger partial charge in [0.25, 0.3) is 5.91 Å². The zero-order chi connectivity index (χ0) is 27.2. The summed E-state index contributed by atoms with van der Waals surface area (Å²) in [6.07, 6.45) is 11.5. The molecule has 196 valence electrons. The smallest absolute Gasteiger partial charge is 0.251 e. The number of carbonyl (C=O) groups excluding carboxylic acids is 1. The van der Waals surface area contributed by atoms with E-state index in [0.717, 1.165) is 22.2 Å². The Bertz CT molecular complexity index is 1480. The number of hydrogen-bond acceptors (Lipinski definition) is 6. The summed E-state index contributed by atoms with van der Waals surface area (Å²) in [5.74, 6) is 1.05. The number of hydrogen-bond donors (Lipinski definition) is 5. The number of allylic oxidation sites excluding steroid dienone is 5. The van der Waals surface area contributed by atoms with E-state index < -0.39 is 0 Å². The van der Waals surface area contributed by atoms with Crippen molar-refractivity contribution in [1.29, 1.82) is 0 Å². The van der Waals surface area contributed by atoms with Gasteiger partial charge in [-0.2, -0.15) is 0 Å². The molecule has 2 heterocycles. The maximum Gasteiger partial charge on any atom is 0.251 e. The lowest BCUT2D eigenvalue weighted by molar-refractivity contribution is 0.0940. The van der Waals surface area contributed by atoms with Crippen LogP contribution in [-0.4, -0.2) is 40.2 Å². The number of dihydropyridines is 1. The molecule has 6 N–H and O–H groups in total. The zero-order valence-electron chi connectivity index (χ0n) is 21.8. The van der Waals surface area contributed by atoms with Crippen LogP contribution in [0.25, 0.3) is 28.0 Å². The van der Waals surface area contributed by atoms with Crippen LogP contribution in [0, 0.1) is 0 Å². The fraction of sp³-hybridized carbons (Fsp3) is 0.200. The Labute approximate surface area is 222 Å². The van der Waals surface area contributed by atoms with Crippen LogP contribution in [0.4, 0.5) is 0 Å². The molecule has 1 amide bonds. The van der Waals surface area contributed by atoms with Gasteiger partial charge in [-0.1, -0.05) is 43.0 Å². The van der Waals surface area contributed by atoms with Crippen molar-refractivity contribution in [2.45, 2.75) is 32.4 Å². The molecule has 0 bridgehead atoms. The first kappa shape index (κ1) is 26.3. The summed E-state index contributed by atoms with van der Waals surface area (Å²) in [4.78, 5) is 20.8. The summed E-state index contributed by atoms with van der Waals surface area (Å²) >= 11 is 0. The number of phenolic OH excluding ortho intramolecular Hbond substituents is 1. The number of imidazole rings is 1. The summed E-state index contributed by atoms with van der Waals surface area (Å²) in [6.45, 7) is 7.62. The minimum Gasteiger partial charge on any atom is -0.507 e. The Balaban J connectivity index is 1.58. The van der Waals surface area contributed by atoms with E-state index >= 15 is 0 Å². The van der Waals surface area contributed by atoms with E-state index in [1.165, 1.54) is 6.20 Å². The number of methoxy groups -OCH3 is 1. The average Bonchev–Trinajstić information content (AvgIpc) is 3.34. The van der Waals surface area contributed by atoms with Crippen LogP contribution < -0.4 is 16.4 Å². The van der Waals surface area contributed by atoms with Gasteiger partial charge in [0, 0.05) is 23.2 Å². The number of phenols is 1. The third kappa shape index (κ3) is 5.81. The Hall–Kier alpha value is -4.72. The number of benzene rings is 2. The number of H-pyrrole nitrogens is 1. The highest BCUT2D eigenvalue weighted by Gasteiger charge is 2.18. The number of nitrogens with two attached hydrogens (primary N) is 1. The van der Waals surface area contributed by atoms with Gasteiger partial charge in [-0.15, -0.1) is 0 Å². The van der Waals surface area contributed by atoms with Crippen molar-refractivity contribution in [2.75, 3.05) is 7.11 Å². The van der Waals surface area contributed by atoms with E-state index in [4.69, 9.17) is 10.5 Å². The first-order chi connectivity index (χ1) is 18.3. The fourth-order valence-electron chi connectivity index (χ4n) is 4.31. The predicted molar refractivity (Wildman–Crippen MR) is 152 cm³/mol. The maximum absolute atomic E-state index is 12.9. The molecule has 0 fully saturated rings. The highest BCUT2D eigenvalue weighted by Crippen LogP contribution is 2.33. The van der Waals surface area contributed by atoms with E-state index in [1.54, 1.807) is 37.5 Å². The Kier molecular flexibility index (Phi) is 8.01. The minimum absolute atomic E-state index is 0.0922. The van der Waals surface area contributed by atoms with Crippen LogP contribution in [0.5, 0.6) is 5.75 Å². The third-order valence-corrected chi connectivity index (χ3v) is 6.25. The lowest BCUT2D eigenvalue weighted by Gasteiger charge is -2.21. The van der Waals surface area contributed by atoms with Crippen LogP contribution in [0.2, 0.25) is 0 Å². The van der Waals surface area contributed by atoms with Gasteiger partial charge in [0.15, 0.2) is 5.88 Å². The Morgan fingerprint density at radius 1 is 1.32 bits per heavy atom. The normalized spacial score (nSPS) is 16.5. The van der Waals surface area contributed by atoms with Crippen LogP contribution in [0.1, 0.15) is 36.2 Å². The van der Waals surface area contributed by atoms with Crippen molar-refractivity contribution >= 4 is 22.5 Å². The molecule has 8 heteroatoms. The van der Waals surface area contributed by atoms with Gasteiger partial charge in [0.05, 0.1) is 23.7 Å². The van der Waals surface area contributed by atoms with Gasteiger partial charge in [0.1, 0.15) is 11.6 Å². The number of aromatic amines is 1. The molecule has 38 heavy (non-hydrogen) atoms. The lowest BCUT2D eigenvalue weighted by Crippen LogP contribution is -2.32. The van der Waals surface area contributed by atoms with Crippen molar-refractivity contribution in [1.82, 2.24) is 20.6 Å². The second-order valence-corrected chi connectivity index (χ2v) is 9.20. The van der Waals surface area contributed by atoms with Crippen molar-refractivity contribution in [3.63, 3.8) is 0 Å². The second kappa shape index (κ2) is 11.6. The maximum atomic E-state index is 12.9. The fourth-order valence-corrected chi connectivity index (χ4v) is 4.31. The third-order valence-electron chi connectivity index (χ3n) is 6.25. The van der Waals surface area contributed by atoms with Crippen LogP contribution in [0.3, 0.4) is 0 Å². The van der Waals surface area contributed by atoms with Crippen molar-refractivity contribution in [2.24, 2.45) is 5.73 Å². The molecule has 2 aromatic carbocycles. The van der Waals surface area contributed by atoms with Crippen LogP contribution in [-0.2, 0) is 4.74 Å². The SMILES string of the molecule is C=C/C=C\C(=C/N)CC(C)NC(=O)c1ccc2[nH]c(-c3cc(C4=C(OC)NC(C)C=C4)ccc3O)nc2c1. The number of ether oxygens (including phenoxy) is 1. The lowest BCUT2D eigenvalue weighted by atomic mass is 9.99. The summed E-state index contributed by atoms with van der Waals surface area (Å²) in [5, 5.41) is 16.9. The number of fused-ring (bicyclic) bond motifs is 1. The van der Waals surface area contributed by atoms with Crippen molar-refractivity contribution in [3.8, 4) is 17.1 Å². The van der Waals surface area contributed by atoms with Gasteiger partial charge in [-0.3, -0.25) is 4.79 Å². The first-order valence-electron chi connectivity index (χ1n) is 12.4. The van der Waals surface area contributed by atoms with E-state index in [1.807, 2.05) is 50.3 Å². The van der Waals surface area contributed by atoms with E-state index in [2.05, 4.69) is 27.2 Å². The van der Waals surface area contributed by atoms with E-state index in [-0.39, 0.29) is 23.7 Å². The quantitative estimate of drug-likeness (QED) is 0.261. The van der Waals surface area contributed by atoms with Crippen molar-refractivity contribution in [3.05, 3.63) is 102 Å². The molecular weight excluding hydrogens is 478 g/mol. The molecule has 8 nitrogen and oxygen atoms in total. The minimum atomic E-state index is -0.206. The van der Waals surface area contributed by atoms with Gasteiger partial charge in [-0.05, 0) is 67.9 Å². The first-order valence-corrected chi connectivity index (χ1v) is 12.4. The molecule has 1 aromatic heterocycles. The van der Waals surface area contributed by atoms with Crippen molar-refractivity contribution < 1.29 is 14.6 Å². The number of carbonyl (C=O) groups is 1. The summed E-state index contributed by atoms with van der Waals surface area (Å²) in [5.41, 5.74) is 10.7. The molecular formula is C30H33N5O3. The molecule has 4 rings (SSSR count). The monoisotopic (exact) mass is 511 g/mol. The van der Waals surface area contributed by atoms with E-state index in [9.17, 15) is 9.90 Å².